The van der Waals surface area contributed by atoms with Crippen molar-refractivity contribution >= 4 is 71.5 Å². The number of rotatable bonds is 6. The second kappa shape index (κ2) is 10.8. The Bertz CT molecular complexity index is 2090. The molecule has 0 atom stereocenters. The predicted octanol–water partition coefficient (Wildman–Crippen LogP) is 10.7. The van der Waals surface area contributed by atoms with Crippen LogP contribution >= 0.6 is 0 Å². The van der Waals surface area contributed by atoms with Gasteiger partial charge >= 0.3 is 0 Å². The van der Waals surface area contributed by atoms with Gasteiger partial charge in [0.2, 0.25) is 0 Å². The van der Waals surface area contributed by atoms with Crippen LogP contribution in [-0.4, -0.2) is 12.9 Å². The number of hydrogen-bond acceptors (Lipinski definition) is 3. The summed E-state index contributed by atoms with van der Waals surface area (Å²) in [5.41, 5.74) is 4.70. The molecular weight excluding hydrogens is 526 g/mol. The Labute approximate surface area is 251 Å². The minimum Gasteiger partial charge on any atom is -0.501 e. The number of Topliss-reactive ketones (excluding diaryl/α,β-unsaturated/α-hetero) is 1. The fraction of sp³-hybridized carbons (Fsp3) is 0.0750. The van der Waals surface area contributed by atoms with Crippen molar-refractivity contribution in [2.24, 2.45) is 0 Å². The van der Waals surface area contributed by atoms with Gasteiger partial charge in [0.05, 0.1) is 18.4 Å². The summed E-state index contributed by atoms with van der Waals surface area (Å²) in [5.74, 6) is 0.583. The first-order valence-electron chi connectivity index (χ1n) is 14.5. The van der Waals surface area contributed by atoms with Crippen molar-refractivity contribution in [2.75, 3.05) is 12.0 Å². The molecule has 3 heteroatoms. The zero-order chi connectivity index (χ0) is 29.5. The van der Waals surface area contributed by atoms with Gasteiger partial charge in [-0.1, -0.05) is 109 Å². The minimum absolute atomic E-state index is 0.0247. The average molecular weight is 558 g/mol. The van der Waals surface area contributed by atoms with E-state index in [0.29, 0.717) is 11.3 Å². The number of carbonyl (C=O) groups excluding carboxylic acids is 1. The third kappa shape index (κ3) is 4.50. The van der Waals surface area contributed by atoms with Crippen molar-refractivity contribution in [2.45, 2.75) is 13.8 Å². The van der Waals surface area contributed by atoms with Crippen LogP contribution in [0.25, 0.3) is 48.7 Å². The van der Waals surface area contributed by atoms with Gasteiger partial charge in [-0.15, -0.1) is 0 Å². The van der Waals surface area contributed by atoms with Crippen LogP contribution in [0.2, 0.25) is 0 Å². The third-order valence-electron chi connectivity index (χ3n) is 8.37. The van der Waals surface area contributed by atoms with Crippen molar-refractivity contribution in [1.29, 1.82) is 0 Å². The topological polar surface area (TPSA) is 29.5 Å². The maximum Gasteiger partial charge on any atom is 0.163 e. The maximum absolute atomic E-state index is 13.2. The van der Waals surface area contributed by atoms with E-state index < -0.39 is 0 Å². The Balaban J connectivity index is 1.64. The molecule has 0 aromatic heterocycles. The van der Waals surface area contributed by atoms with Gasteiger partial charge in [-0.3, -0.25) is 4.79 Å². The molecule has 43 heavy (non-hydrogen) atoms. The SMILES string of the molecule is CO/C(C)=C(\C(C)=O)c1c2ccccc2c(N(c2ccc3ccccc3c2)c2ccc3ccccc3c2)c2ccccc12. The molecule has 0 saturated heterocycles. The van der Waals surface area contributed by atoms with Gasteiger partial charge < -0.3 is 9.64 Å². The number of nitrogens with zero attached hydrogens (tertiary/aromatic N) is 1. The lowest BCUT2D eigenvalue weighted by atomic mass is 9.88. The Kier molecular flexibility index (Phi) is 6.64. The van der Waals surface area contributed by atoms with Crippen molar-refractivity contribution in [3.63, 3.8) is 0 Å². The summed E-state index contributed by atoms with van der Waals surface area (Å²) in [6, 6.07) is 47.0. The number of fused-ring (bicyclic) bond motifs is 4. The lowest BCUT2D eigenvalue weighted by molar-refractivity contribution is -0.111. The Hall–Kier alpha value is -5.41. The number of ether oxygens (including phenoxy) is 1. The molecule has 0 radical (unpaired) electrons. The highest BCUT2D eigenvalue weighted by Crippen LogP contribution is 2.48. The first-order valence-corrected chi connectivity index (χ1v) is 14.5. The summed E-state index contributed by atoms with van der Waals surface area (Å²) in [5, 5.41) is 8.86. The van der Waals surface area contributed by atoms with E-state index in [9.17, 15) is 4.79 Å². The van der Waals surface area contributed by atoms with Gasteiger partial charge in [0.15, 0.2) is 5.78 Å². The highest BCUT2D eigenvalue weighted by atomic mass is 16.5. The third-order valence-corrected chi connectivity index (χ3v) is 8.37. The number of anilines is 3. The number of methoxy groups -OCH3 is 1. The summed E-state index contributed by atoms with van der Waals surface area (Å²) < 4.78 is 5.67. The van der Waals surface area contributed by atoms with Crippen LogP contribution in [-0.2, 0) is 9.53 Å². The van der Waals surface area contributed by atoms with Gasteiger partial charge in [-0.2, -0.15) is 0 Å². The fourth-order valence-electron chi connectivity index (χ4n) is 6.36. The minimum atomic E-state index is -0.0247. The molecule has 0 bridgehead atoms. The summed E-state index contributed by atoms with van der Waals surface area (Å²) in [7, 11) is 1.62. The molecule has 3 nitrogen and oxygen atoms in total. The van der Waals surface area contributed by atoms with Gasteiger partial charge in [0, 0.05) is 27.7 Å². The van der Waals surface area contributed by atoms with Gasteiger partial charge in [0.25, 0.3) is 0 Å². The van der Waals surface area contributed by atoms with Crippen molar-refractivity contribution in [3.8, 4) is 0 Å². The number of ketones is 1. The van der Waals surface area contributed by atoms with Gasteiger partial charge in [-0.05, 0) is 70.4 Å². The van der Waals surface area contributed by atoms with Crippen LogP contribution < -0.4 is 4.90 Å². The van der Waals surface area contributed by atoms with E-state index in [1.165, 1.54) is 21.5 Å². The van der Waals surface area contributed by atoms with Crippen molar-refractivity contribution in [3.05, 3.63) is 145 Å². The number of hydrogen-bond donors (Lipinski definition) is 0. The lowest BCUT2D eigenvalue weighted by Crippen LogP contribution is -2.12. The summed E-state index contributed by atoms with van der Waals surface area (Å²) >= 11 is 0. The second-order valence-electron chi connectivity index (χ2n) is 10.9. The highest BCUT2D eigenvalue weighted by molar-refractivity contribution is 6.30. The monoisotopic (exact) mass is 557 g/mol. The van der Waals surface area contributed by atoms with E-state index >= 15 is 0 Å². The van der Waals surface area contributed by atoms with E-state index in [0.717, 1.165) is 44.2 Å². The first kappa shape index (κ1) is 26.5. The van der Waals surface area contributed by atoms with E-state index in [2.05, 4.69) is 126 Å². The molecule has 7 rings (SSSR count). The molecule has 0 saturated carbocycles. The molecule has 0 fully saturated rings. The van der Waals surface area contributed by atoms with E-state index in [4.69, 9.17) is 4.74 Å². The molecule has 0 aliphatic heterocycles. The van der Waals surface area contributed by atoms with E-state index in [1.807, 2.05) is 19.1 Å². The molecule has 0 spiro atoms. The molecule has 0 unspecified atom stereocenters. The van der Waals surface area contributed by atoms with Crippen LogP contribution in [0.15, 0.2) is 139 Å². The van der Waals surface area contributed by atoms with Crippen LogP contribution in [0.1, 0.15) is 19.4 Å². The molecule has 0 N–H and O–H groups in total. The predicted molar refractivity (Wildman–Crippen MR) is 181 cm³/mol. The lowest BCUT2D eigenvalue weighted by Gasteiger charge is -2.30. The molecule has 7 aromatic rings. The molecule has 0 aliphatic rings. The van der Waals surface area contributed by atoms with Crippen LogP contribution in [0.4, 0.5) is 17.1 Å². The van der Waals surface area contributed by atoms with Crippen LogP contribution in [0.5, 0.6) is 0 Å². The zero-order valence-electron chi connectivity index (χ0n) is 24.5. The molecule has 0 aliphatic carbocycles. The Morgan fingerprint density at radius 2 is 0.953 bits per heavy atom. The molecule has 0 heterocycles. The summed E-state index contributed by atoms with van der Waals surface area (Å²) in [6.07, 6.45) is 0. The van der Waals surface area contributed by atoms with Crippen molar-refractivity contribution in [1.82, 2.24) is 0 Å². The summed E-state index contributed by atoms with van der Waals surface area (Å²) in [4.78, 5) is 15.6. The molecule has 7 aromatic carbocycles. The first-order chi connectivity index (χ1) is 21.0. The average Bonchev–Trinajstić information content (AvgIpc) is 3.05. The van der Waals surface area contributed by atoms with Crippen LogP contribution in [0.3, 0.4) is 0 Å². The zero-order valence-corrected chi connectivity index (χ0v) is 24.5. The van der Waals surface area contributed by atoms with E-state index in [1.54, 1.807) is 14.0 Å². The van der Waals surface area contributed by atoms with Gasteiger partial charge in [0.1, 0.15) is 5.76 Å². The van der Waals surface area contributed by atoms with E-state index in [-0.39, 0.29) is 5.78 Å². The standard InChI is InChI=1S/C40H31NO2/c1-26(42)38(27(2)43-3)39-34-16-8-10-18-36(34)40(37-19-11-9-17-35(37)39)41(32-22-20-28-12-4-6-14-30(28)24-32)33-23-21-29-13-5-7-15-31(29)25-33/h4-25H,1-3H3/b38-27+. The molecule has 208 valence electrons. The highest BCUT2D eigenvalue weighted by Gasteiger charge is 2.25. The summed E-state index contributed by atoms with van der Waals surface area (Å²) in [6.45, 7) is 3.48. The largest absolute Gasteiger partial charge is 0.501 e. The second-order valence-corrected chi connectivity index (χ2v) is 10.9. The number of benzene rings is 7. The number of allylic oxidation sites excluding steroid dienone is 2. The van der Waals surface area contributed by atoms with Crippen LogP contribution in [0, 0.1) is 0 Å². The van der Waals surface area contributed by atoms with Gasteiger partial charge in [-0.25, -0.2) is 0 Å². The smallest absolute Gasteiger partial charge is 0.163 e. The normalized spacial score (nSPS) is 12.1. The van der Waals surface area contributed by atoms with Crippen molar-refractivity contribution < 1.29 is 9.53 Å². The quantitative estimate of drug-likeness (QED) is 0.116. The maximum atomic E-state index is 13.2. The fourth-order valence-corrected chi connectivity index (χ4v) is 6.36. The molecule has 0 amide bonds. The Morgan fingerprint density at radius 3 is 1.40 bits per heavy atom. The Morgan fingerprint density at radius 1 is 0.535 bits per heavy atom. The number of carbonyl (C=O) groups is 1. The molecular formula is C40H31NO2.